The van der Waals surface area contributed by atoms with E-state index in [0.717, 1.165) is 0 Å². The van der Waals surface area contributed by atoms with Gasteiger partial charge in [-0.3, -0.25) is 0 Å². The van der Waals surface area contributed by atoms with E-state index in [2.05, 4.69) is 10.3 Å². The summed E-state index contributed by atoms with van der Waals surface area (Å²) in [5, 5.41) is 12.7. The SMILES string of the molecule is CCN(CC(C)(C)O)C(=O)Nc1ccc2oc(N(C)C)nc2c1. The zero-order valence-corrected chi connectivity index (χ0v) is 14.3. The second-order valence-corrected chi connectivity index (χ2v) is 6.33. The summed E-state index contributed by atoms with van der Waals surface area (Å²) in [5.74, 6) is 0. The molecule has 0 aliphatic rings. The van der Waals surface area contributed by atoms with E-state index in [9.17, 15) is 9.90 Å². The minimum absolute atomic E-state index is 0.256. The summed E-state index contributed by atoms with van der Waals surface area (Å²) in [5.41, 5.74) is 1.03. The van der Waals surface area contributed by atoms with E-state index in [0.29, 0.717) is 29.3 Å². The summed E-state index contributed by atoms with van der Waals surface area (Å²) in [7, 11) is 3.70. The quantitative estimate of drug-likeness (QED) is 0.884. The van der Waals surface area contributed by atoms with E-state index >= 15 is 0 Å². The highest BCUT2D eigenvalue weighted by molar-refractivity contribution is 5.91. The van der Waals surface area contributed by atoms with Crippen molar-refractivity contribution in [1.29, 1.82) is 0 Å². The zero-order chi connectivity index (χ0) is 17.2. The lowest BCUT2D eigenvalue weighted by Gasteiger charge is -2.28. The van der Waals surface area contributed by atoms with Crippen molar-refractivity contribution in [1.82, 2.24) is 9.88 Å². The van der Waals surface area contributed by atoms with Crippen LogP contribution in [0.3, 0.4) is 0 Å². The van der Waals surface area contributed by atoms with Gasteiger partial charge >= 0.3 is 6.03 Å². The predicted octanol–water partition coefficient (Wildman–Crippen LogP) is 2.52. The second-order valence-electron chi connectivity index (χ2n) is 6.33. The number of hydrogen-bond acceptors (Lipinski definition) is 5. The van der Waals surface area contributed by atoms with Gasteiger partial charge in [0.05, 0.1) is 12.1 Å². The Labute approximate surface area is 135 Å². The van der Waals surface area contributed by atoms with E-state index in [4.69, 9.17) is 4.42 Å². The lowest BCUT2D eigenvalue weighted by atomic mass is 10.1. The van der Waals surface area contributed by atoms with E-state index in [1.165, 1.54) is 0 Å². The highest BCUT2D eigenvalue weighted by atomic mass is 16.4. The van der Waals surface area contributed by atoms with Crippen molar-refractivity contribution >= 4 is 28.8 Å². The molecule has 1 aromatic carbocycles. The number of anilines is 2. The van der Waals surface area contributed by atoms with Crippen molar-refractivity contribution in [3.8, 4) is 0 Å². The molecule has 0 fully saturated rings. The van der Waals surface area contributed by atoms with Gasteiger partial charge in [0.15, 0.2) is 5.58 Å². The number of fused-ring (bicyclic) bond motifs is 1. The normalized spacial score (nSPS) is 11.6. The van der Waals surface area contributed by atoms with Crippen LogP contribution in [0, 0.1) is 0 Å². The molecule has 1 heterocycles. The predicted molar refractivity (Wildman–Crippen MR) is 90.9 cm³/mol. The smallest absolute Gasteiger partial charge is 0.321 e. The Morgan fingerprint density at radius 1 is 1.39 bits per heavy atom. The number of urea groups is 1. The molecule has 1 aromatic heterocycles. The number of oxazole rings is 1. The molecule has 0 radical (unpaired) electrons. The Morgan fingerprint density at radius 3 is 2.65 bits per heavy atom. The third-order valence-electron chi connectivity index (χ3n) is 3.26. The van der Waals surface area contributed by atoms with Crippen molar-refractivity contribution in [2.75, 3.05) is 37.4 Å². The topological polar surface area (TPSA) is 81.8 Å². The molecule has 2 N–H and O–H groups in total. The first-order valence-electron chi connectivity index (χ1n) is 7.56. The number of aromatic nitrogens is 1. The maximum atomic E-state index is 12.3. The van der Waals surface area contributed by atoms with Crippen LogP contribution in [0.4, 0.5) is 16.5 Å². The third kappa shape index (κ3) is 4.35. The maximum Gasteiger partial charge on any atom is 0.321 e. The molecule has 0 aliphatic carbocycles. The number of nitrogens with one attached hydrogen (secondary N) is 1. The second kappa shape index (κ2) is 6.45. The summed E-state index contributed by atoms with van der Waals surface area (Å²) < 4.78 is 5.58. The van der Waals surface area contributed by atoms with Crippen LogP contribution >= 0.6 is 0 Å². The van der Waals surface area contributed by atoms with Gasteiger partial charge in [0.2, 0.25) is 0 Å². The first-order valence-corrected chi connectivity index (χ1v) is 7.56. The maximum absolute atomic E-state index is 12.3. The summed E-state index contributed by atoms with van der Waals surface area (Å²) in [6.45, 7) is 5.98. The molecular weight excluding hydrogens is 296 g/mol. The first-order chi connectivity index (χ1) is 10.7. The summed E-state index contributed by atoms with van der Waals surface area (Å²) in [4.78, 5) is 20.0. The average Bonchev–Trinajstić information content (AvgIpc) is 2.87. The third-order valence-corrected chi connectivity index (χ3v) is 3.26. The fourth-order valence-electron chi connectivity index (χ4n) is 2.18. The van der Waals surface area contributed by atoms with E-state index in [1.54, 1.807) is 41.8 Å². The molecule has 0 atom stereocenters. The Kier molecular flexibility index (Phi) is 4.79. The molecule has 0 aliphatic heterocycles. The van der Waals surface area contributed by atoms with Crippen LogP contribution in [0.2, 0.25) is 0 Å². The van der Waals surface area contributed by atoms with Gasteiger partial charge in [-0.25, -0.2) is 4.79 Å². The first kappa shape index (κ1) is 17.1. The lowest BCUT2D eigenvalue weighted by Crippen LogP contribution is -2.44. The van der Waals surface area contributed by atoms with E-state index in [-0.39, 0.29) is 12.6 Å². The summed E-state index contributed by atoms with van der Waals surface area (Å²) in [6.07, 6.45) is 0. The van der Waals surface area contributed by atoms with Crippen LogP contribution in [-0.2, 0) is 0 Å². The fourth-order valence-corrected chi connectivity index (χ4v) is 2.18. The van der Waals surface area contributed by atoms with Gasteiger partial charge in [-0.05, 0) is 39.0 Å². The summed E-state index contributed by atoms with van der Waals surface area (Å²) >= 11 is 0. The number of rotatable bonds is 5. The van der Waals surface area contributed by atoms with Crippen LogP contribution in [-0.4, -0.2) is 53.8 Å². The molecular formula is C16H24N4O3. The number of carbonyl (C=O) groups is 1. The molecule has 0 bridgehead atoms. The number of likely N-dealkylation sites (N-methyl/N-ethyl adjacent to an activating group) is 1. The lowest BCUT2D eigenvalue weighted by molar-refractivity contribution is 0.0501. The summed E-state index contributed by atoms with van der Waals surface area (Å²) in [6, 6.07) is 5.56. The Hall–Kier alpha value is -2.28. The Bertz CT molecular complexity index is 688. The average molecular weight is 320 g/mol. The van der Waals surface area contributed by atoms with E-state index < -0.39 is 5.60 Å². The minimum Gasteiger partial charge on any atom is -0.423 e. The van der Waals surface area contributed by atoms with Crippen molar-refractivity contribution in [3.63, 3.8) is 0 Å². The Morgan fingerprint density at radius 2 is 2.09 bits per heavy atom. The number of hydrogen-bond donors (Lipinski definition) is 2. The van der Waals surface area contributed by atoms with Crippen LogP contribution in [0.25, 0.3) is 11.1 Å². The molecule has 7 heteroatoms. The monoisotopic (exact) mass is 320 g/mol. The molecule has 0 saturated carbocycles. The molecule has 0 saturated heterocycles. The standard InChI is InChI=1S/C16H24N4O3/c1-6-20(10-16(2,3)22)14(21)17-11-7-8-13-12(9-11)18-15(23-13)19(4)5/h7-9,22H,6,10H2,1-5H3,(H,17,21). The number of nitrogens with zero attached hydrogens (tertiary/aromatic N) is 3. The number of amides is 2. The van der Waals surface area contributed by atoms with Crippen molar-refractivity contribution < 1.29 is 14.3 Å². The molecule has 2 rings (SSSR count). The number of benzene rings is 1. The van der Waals surface area contributed by atoms with E-state index in [1.807, 2.05) is 21.0 Å². The van der Waals surface area contributed by atoms with Crippen LogP contribution in [0.15, 0.2) is 22.6 Å². The fraction of sp³-hybridized carbons (Fsp3) is 0.500. The Balaban J connectivity index is 2.15. The highest BCUT2D eigenvalue weighted by Crippen LogP contribution is 2.23. The van der Waals surface area contributed by atoms with Crippen molar-refractivity contribution in [2.24, 2.45) is 0 Å². The molecule has 126 valence electrons. The molecule has 0 unspecified atom stereocenters. The van der Waals surface area contributed by atoms with Gasteiger partial charge in [-0.2, -0.15) is 4.98 Å². The zero-order valence-electron chi connectivity index (χ0n) is 14.3. The minimum atomic E-state index is -0.940. The van der Waals surface area contributed by atoms with Gasteiger partial charge in [-0.1, -0.05) is 0 Å². The van der Waals surface area contributed by atoms with Crippen molar-refractivity contribution in [2.45, 2.75) is 26.4 Å². The largest absolute Gasteiger partial charge is 0.423 e. The number of carbonyl (C=O) groups excluding carboxylic acids is 1. The van der Waals surface area contributed by atoms with Gasteiger partial charge in [0.1, 0.15) is 5.52 Å². The van der Waals surface area contributed by atoms with Gasteiger partial charge in [0.25, 0.3) is 6.01 Å². The molecule has 2 aromatic rings. The molecule has 23 heavy (non-hydrogen) atoms. The number of aliphatic hydroxyl groups is 1. The molecule has 7 nitrogen and oxygen atoms in total. The van der Waals surface area contributed by atoms with Crippen LogP contribution in [0.1, 0.15) is 20.8 Å². The van der Waals surface area contributed by atoms with Gasteiger partial charge in [0, 0.05) is 26.3 Å². The van der Waals surface area contributed by atoms with Crippen molar-refractivity contribution in [3.05, 3.63) is 18.2 Å². The highest BCUT2D eigenvalue weighted by Gasteiger charge is 2.21. The van der Waals surface area contributed by atoms with Gasteiger partial charge in [-0.15, -0.1) is 0 Å². The van der Waals surface area contributed by atoms with Crippen LogP contribution in [0.5, 0.6) is 0 Å². The van der Waals surface area contributed by atoms with Crippen LogP contribution < -0.4 is 10.2 Å². The van der Waals surface area contributed by atoms with Gasteiger partial charge < -0.3 is 24.6 Å². The molecule has 0 spiro atoms. The molecule has 2 amide bonds.